The summed E-state index contributed by atoms with van der Waals surface area (Å²) in [4.78, 5) is 30.2. The molecule has 148 valence electrons. The van der Waals surface area contributed by atoms with Gasteiger partial charge in [0.15, 0.2) is 10.8 Å². The number of fused-ring (bicyclic) bond motifs is 1. The number of anilines is 1. The Kier molecular flexibility index (Phi) is 4.97. The van der Waals surface area contributed by atoms with Crippen molar-refractivity contribution < 1.29 is 4.79 Å². The van der Waals surface area contributed by atoms with Gasteiger partial charge in [0.25, 0.3) is 5.91 Å². The highest BCUT2D eigenvalue weighted by Crippen LogP contribution is 2.30. The first kappa shape index (κ1) is 18.2. The molecule has 2 aromatic heterocycles. The second kappa shape index (κ2) is 7.91. The number of hydrogen-bond acceptors (Lipinski definition) is 6. The third kappa shape index (κ3) is 3.74. The van der Waals surface area contributed by atoms with Gasteiger partial charge < -0.3 is 9.80 Å². The number of piperidine rings is 1. The van der Waals surface area contributed by atoms with Crippen molar-refractivity contribution in [2.45, 2.75) is 19.3 Å². The van der Waals surface area contributed by atoms with Crippen LogP contribution in [0.1, 0.15) is 28.9 Å². The second-order valence-electron chi connectivity index (χ2n) is 7.67. The lowest BCUT2D eigenvalue weighted by molar-refractivity contribution is 0.0688. The van der Waals surface area contributed by atoms with Gasteiger partial charge >= 0.3 is 0 Å². The van der Waals surface area contributed by atoms with E-state index in [-0.39, 0.29) is 5.91 Å². The summed E-state index contributed by atoms with van der Waals surface area (Å²) in [6, 6.07) is 10.5. The number of carbonyl (C=O) groups is 1. The van der Waals surface area contributed by atoms with Crippen LogP contribution in [0, 0.1) is 5.92 Å². The highest BCUT2D eigenvalue weighted by Gasteiger charge is 2.28. The zero-order valence-electron chi connectivity index (χ0n) is 16.2. The summed E-state index contributed by atoms with van der Waals surface area (Å²) in [6.07, 6.45) is 6.61. The van der Waals surface area contributed by atoms with Crippen LogP contribution >= 0.6 is 11.3 Å². The van der Waals surface area contributed by atoms with E-state index in [2.05, 4.69) is 44.1 Å². The fraction of sp³-hybridized carbons (Fsp3) is 0.364. The Morgan fingerprint density at radius 2 is 1.86 bits per heavy atom. The maximum atomic E-state index is 12.9. The van der Waals surface area contributed by atoms with Gasteiger partial charge in [-0.15, -0.1) is 11.3 Å². The molecule has 6 nitrogen and oxygen atoms in total. The average molecular weight is 406 g/mol. The van der Waals surface area contributed by atoms with Gasteiger partial charge in [-0.3, -0.25) is 4.79 Å². The van der Waals surface area contributed by atoms with E-state index in [1.54, 1.807) is 18.5 Å². The van der Waals surface area contributed by atoms with Crippen LogP contribution in [-0.4, -0.2) is 51.9 Å². The van der Waals surface area contributed by atoms with Crippen LogP contribution < -0.4 is 4.90 Å². The standard InChI is InChI=1S/C22H23N5OS/c28-22(18-15-29-21(25-18)20-23-9-3-10-24-20)26-11-6-16(7-12-26)14-27-13-8-17-4-1-2-5-19(17)27/h1-5,9-10,15-16H,6-8,11-14H2. The number of hydrogen-bond donors (Lipinski definition) is 0. The van der Waals surface area contributed by atoms with E-state index in [9.17, 15) is 4.79 Å². The van der Waals surface area contributed by atoms with Crippen molar-refractivity contribution >= 4 is 22.9 Å². The molecule has 5 rings (SSSR count). The van der Waals surface area contributed by atoms with Crippen LogP contribution in [0.15, 0.2) is 48.1 Å². The van der Waals surface area contributed by atoms with E-state index in [1.807, 2.05) is 10.3 Å². The molecule has 2 aliphatic rings. The van der Waals surface area contributed by atoms with E-state index in [4.69, 9.17) is 0 Å². The lowest BCUT2D eigenvalue weighted by atomic mass is 9.96. The fourth-order valence-corrected chi connectivity index (χ4v) is 5.01. The minimum Gasteiger partial charge on any atom is -0.371 e. The van der Waals surface area contributed by atoms with Gasteiger partial charge in [0, 0.05) is 49.6 Å². The number of para-hydroxylation sites is 1. The zero-order valence-corrected chi connectivity index (χ0v) is 17.0. The molecule has 0 atom stereocenters. The molecule has 1 fully saturated rings. The quantitative estimate of drug-likeness (QED) is 0.665. The highest BCUT2D eigenvalue weighted by atomic mass is 32.1. The summed E-state index contributed by atoms with van der Waals surface area (Å²) in [5.74, 6) is 1.23. The molecule has 7 heteroatoms. The van der Waals surface area contributed by atoms with Crippen LogP contribution in [0.2, 0.25) is 0 Å². The lowest BCUT2D eigenvalue weighted by Crippen LogP contribution is -2.41. The molecular weight excluding hydrogens is 382 g/mol. The number of nitrogens with zero attached hydrogens (tertiary/aromatic N) is 5. The van der Waals surface area contributed by atoms with E-state index in [0.29, 0.717) is 22.4 Å². The van der Waals surface area contributed by atoms with Crippen LogP contribution in [0.5, 0.6) is 0 Å². The summed E-state index contributed by atoms with van der Waals surface area (Å²) in [5.41, 5.74) is 3.36. The number of aromatic nitrogens is 3. The normalized spacial score (nSPS) is 16.8. The third-order valence-electron chi connectivity index (χ3n) is 5.84. The smallest absolute Gasteiger partial charge is 0.273 e. The molecule has 3 aromatic rings. The van der Waals surface area contributed by atoms with Gasteiger partial charge in [0.1, 0.15) is 5.69 Å². The van der Waals surface area contributed by atoms with Gasteiger partial charge in [-0.25, -0.2) is 15.0 Å². The van der Waals surface area contributed by atoms with Gasteiger partial charge in [-0.2, -0.15) is 0 Å². The Labute approximate surface area is 174 Å². The Bertz CT molecular complexity index is 997. The first-order valence-electron chi connectivity index (χ1n) is 10.1. The Morgan fingerprint density at radius 3 is 2.69 bits per heavy atom. The van der Waals surface area contributed by atoms with E-state index in [0.717, 1.165) is 45.4 Å². The molecule has 0 aliphatic carbocycles. The fourth-order valence-electron chi connectivity index (χ4n) is 4.27. The van der Waals surface area contributed by atoms with Crippen molar-refractivity contribution in [2.75, 3.05) is 31.1 Å². The van der Waals surface area contributed by atoms with Gasteiger partial charge in [-0.1, -0.05) is 18.2 Å². The van der Waals surface area contributed by atoms with Crippen molar-refractivity contribution in [1.29, 1.82) is 0 Å². The number of likely N-dealkylation sites (tertiary alicyclic amines) is 1. The molecule has 1 amide bonds. The number of amides is 1. The van der Waals surface area contributed by atoms with E-state index < -0.39 is 0 Å². The van der Waals surface area contributed by atoms with Crippen molar-refractivity contribution in [3.05, 3.63) is 59.4 Å². The molecule has 0 radical (unpaired) electrons. The molecule has 0 N–H and O–H groups in total. The van der Waals surface area contributed by atoms with Crippen LogP contribution in [0.25, 0.3) is 10.8 Å². The molecule has 1 aromatic carbocycles. The largest absolute Gasteiger partial charge is 0.371 e. The predicted molar refractivity (Wildman–Crippen MR) is 114 cm³/mol. The van der Waals surface area contributed by atoms with Crippen molar-refractivity contribution in [3.63, 3.8) is 0 Å². The molecule has 29 heavy (non-hydrogen) atoms. The van der Waals surface area contributed by atoms with Crippen LogP contribution in [0.4, 0.5) is 5.69 Å². The third-order valence-corrected chi connectivity index (χ3v) is 6.68. The number of thiazole rings is 1. The Morgan fingerprint density at radius 1 is 1.07 bits per heavy atom. The first-order valence-corrected chi connectivity index (χ1v) is 11.0. The molecular formula is C22H23N5OS. The van der Waals surface area contributed by atoms with E-state index in [1.165, 1.54) is 22.6 Å². The molecule has 0 unspecified atom stereocenters. The maximum absolute atomic E-state index is 12.9. The number of rotatable bonds is 4. The second-order valence-corrected chi connectivity index (χ2v) is 8.53. The Hall–Kier alpha value is -2.80. The first-order chi connectivity index (χ1) is 14.3. The van der Waals surface area contributed by atoms with Gasteiger partial charge in [0.2, 0.25) is 0 Å². The molecule has 0 bridgehead atoms. The predicted octanol–water partition coefficient (Wildman–Crippen LogP) is 3.52. The molecule has 0 saturated carbocycles. The summed E-state index contributed by atoms with van der Waals surface area (Å²) >= 11 is 1.42. The van der Waals surface area contributed by atoms with Gasteiger partial charge in [-0.05, 0) is 42.9 Å². The Balaban J connectivity index is 1.18. The molecule has 1 saturated heterocycles. The average Bonchev–Trinajstić information content (AvgIpc) is 3.43. The SMILES string of the molecule is O=C(c1csc(-c2ncccn2)n1)N1CCC(CN2CCc3ccccc32)CC1. The number of benzene rings is 1. The lowest BCUT2D eigenvalue weighted by Gasteiger charge is -2.34. The zero-order chi connectivity index (χ0) is 19.6. The minimum atomic E-state index is 0.0217. The van der Waals surface area contributed by atoms with Crippen molar-refractivity contribution in [2.24, 2.45) is 5.92 Å². The van der Waals surface area contributed by atoms with Crippen LogP contribution in [0.3, 0.4) is 0 Å². The van der Waals surface area contributed by atoms with Crippen molar-refractivity contribution in [3.8, 4) is 10.8 Å². The summed E-state index contributed by atoms with van der Waals surface area (Å²) in [5, 5.41) is 2.51. The van der Waals surface area contributed by atoms with E-state index >= 15 is 0 Å². The summed E-state index contributed by atoms with van der Waals surface area (Å²) in [6.45, 7) is 3.80. The topological polar surface area (TPSA) is 62.2 Å². The molecule has 0 spiro atoms. The minimum absolute atomic E-state index is 0.0217. The highest BCUT2D eigenvalue weighted by molar-refractivity contribution is 7.13. The molecule has 4 heterocycles. The maximum Gasteiger partial charge on any atom is 0.273 e. The van der Waals surface area contributed by atoms with Crippen molar-refractivity contribution in [1.82, 2.24) is 19.9 Å². The summed E-state index contributed by atoms with van der Waals surface area (Å²) < 4.78 is 0. The van der Waals surface area contributed by atoms with Crippen LogP contribution in [-0.2, 0) is 6.42 Å². The van der Waals surface area contributed by atoms with Gasteiger partial charge in [0.05, 0.1) is 0 Å². The number of carbonyl (C=O) groups excluding carboxylic acids is 1. The monoisotopic (exact) mass is 405 g/mol. The molecule has 2 aliphatic heterocycles. The summed E-state index contributed by atoms with van der Waals surface area (Å²) in [7, 11) is 0.